The number of rotatable bonds is 3. The molecule has 0 aromatic carbocycles. The van der Waals surface area contributed by atoms with E-state index >= 15 is 0 Å². The zero-order valence-electron chi connectivity index (χ0n) is 8.63. The van der Waals surface area contributed by atoms with Crippen LogP contribution in [0.5, 0.6) is 0 Å². The van der Waals surface area contributed by atoms with Gasteiger partial charge in [0.1, 0.15) is 5.15 Å². The fraction of sp³-hybridized carbons (Fsp3) is 0.700. The van der Waals surface area contributed by atoms with E-state index in [1.54, 1.807) is 4.68 Å². The van der Waals surface area contributed by atoms with E-state index in [9.17, 15) is 0 Å². The summed E-state index contributed by atoms with van der Waals surface area (Å²) in [5, 5.41) is 5.21. The van der Waals surface area contributed by atoms with Crippen LogP contribution in [0.3, 0.4) is 0 Å². The molecule has 1 heterocycles. The summed E-state index contributed by atoms with van der Waals surface area (Å²) in [4.78, 5) is 0. The van der Waals surface area contributed by atoms with Gasteiger partial charge < -0.3 is 5.73 Å². The van der Waals surface area contributed by atoms with Gasteiger partial charge in [-0.1, -0.05) is 11.6 Å². The zero-order chi connectivity index (χ0) is 10.3. The first-order valence-electron chi connectivity index (χ1n) is 5.06. The predicted molar refractivity (Wildman–Crippen MR) is 57.5 cm³/mol. The molecule has 1 aromatic rings. The fourth-order valence-electron chi connectivity index (χ4n) is 1.76. The van der Waals surface area contributed by atoms with Gasteiger partial charge in [0.05, 0.1) is 5.69 Å². The summed E-state index contributed by atoms with van der Waals surface area (Å²) in [7, 11) is 1.89. The minimum Gasteiger partial charge on any atom is -0.328 e. The smallest absolute Gasteiger partial charge is 0.130 e. The van der Waals surface area contributed by atoms with E-state index in [-0.39, 0.29) is 6.04 Å². The maximum absolute atomic E-state index is 6.17. The molecule has 1 unspecified atom stereocenters. The van der Waals surface area contributed by atoms with Gasteiger partial charge in [-0.25, -0.2) is 0 Å². The average molecular weight is 214 g/mol. The standard InChI is InChI=1S/C10H16ClN3/c1-6(12)5-8-9(7-3-4-7)13-14(2)10(8)11/h6-7H,3-5,12H2,1-2H3. The molecule has 78 valence electrons. The highest BCUT2D eigenvalue weighted by Crippen LogP contribution is 2.42. The van der Waals surface area contributed by atoms with E-state index in [0.29, 0.717) is 5.92 Å². The molecule has 0 amide bonds. The average Bonchev–Trinajstić information content (AvgIpc) is 2.88. The van der Waals surface area contributed by atoms with Crippen molar-refractivity contribution in [3.8, 4) is 0 Å². The van der Waals surface area contributed by atoms with E-state index in [0.717, 1.165) is 17.1 Å². The van der Waals surface area contributed by atoms with Crippen LogP contribution in [0.15, 0.2) is 0 Å². The molecule has 2 N–H and O–H groups in total. The van der Waals surface area contributed by atoms with Crippen LogP contribution in [0, 0.1) is 0 Å². The van der Waals surface area contributed by atoms with Crippen molar-refractivity contribution in [1.82, 2.24) is 9.78 Å². The van der Waals surface area contributed by atoms with Crippen LogP contribution < -0.4 is 5.73 Å². The van der Waals surface area contributed by atoms with Gasteiger partial charge in [0.15, 0.2) is 0 Å². The van der Waals surface area contributed by atoms with Gasteiger partial charge >= 0.3 is 0 Å². The van der Waals surface area contributed by atoms with Gasteiger partial charge in [-0.15, -0.1) is 0 Å². The van der Waals surface area contributed by atoms with Crippen molar-refractivity contribution in [3.05, 3.63) is 16.4 Å². The highest BCUT2D eigenvalue weighted by atomic mass is 35.5. The van der Waals surface area contributed by atoms with Crippen LogP contribution in [-0.4, -0.2) is 15.8 Å². The van der Waals surface area contributed by atoms with Crippen LogP contribution in [0.25, 0.3) is 0 Å². The molecule has 1 fully saturated rings. The Labute approximate surface area is 89.2 Å². The number of aryl methyl sites for hydroxylation is 1. The van der Waals surface area contributed by atoms with Gasteiger partial charge in [-0.3, -0.25) is 4.68 Å². The Kier molecular flexibility index (Phi) is 2.54. The molecule has 1 aliphatic rings. The Morgan fingerprint density at radius 3 is 2.79 bits per heavy atom. The van der Waals surface area contributed by atoms with Crippen molar-refractivity contribution in [2.45, 2.75) is 38.1 Å². The summed E-state index contributed by atoms with van der Waals surface area (Å²) in [6.07, 6.45) is 3.33. The molecule has 0 aliphatic heterocycles. The summed E-state index contributed by atoms with van der Waals surface area (Å²) >= 11 is 6.17. The molecule has 3 nitrogen and oxygen atoms in total. The van der Waals surface area contributed by atoms with Gasteiger partial charge in [-0.05, 0) is 26.2 Å². The third-order valence-corrected chi connectivity index (χ3v) is 3.06. The first kappa shape index (κ1) is 9.99. The second-order valence-electron chi connectivity index (χ2n) is 4.23. The minimum absolute atomic E-state index is 0.147. The van der Waals surface area contributed by atoms with E-state index < -0.39 is 0 Å². The van der Waals surface area contributed by atoms with E-state index in [1.807, 2.05) is 14.0 Å². The molecular weight excluding hydrogens is 198 g/mol. The molecule has 14 heavy (non-hydrogen) atoms. The van der Waals surface area contributed by atoms with E-state index in [2.05, 4.69) is 5.10 Å². The second-order valence-corrected chi connectivity index (χ2v) is 4.59. The summed E-state index contributed by atoms with van der Waals surface area (Å²) in [6, 6.07) is 0.147. The predicted octanol–water partition coefficient (Wildman–Crippen LogP) is 1.84. The van der Waals surface area contributed by atoms with Gasteiger partial charge in [0.25, 0.3) is 0 Å². The number of hydrogen-bond donors (Lipinski definition) is 1. The van der Waals surface area contributed by atoms with Crippen LogP contribution in [-0.2, 0) is 13.5 Å². The maximum Gasteiger partial charge on any atom is 0.130 e. The molecule has 0 bridgehead atoms. The SMILES string of the molecule is CC(N)Cc1c(C2CC2)nn(C)c1Cl. The normalized spacial score (nSPS) is 18.6. The maximum atomic E-state index is 6.17. The van der Waals surface area contributed by atoms with Crippen LogP contribution >= 0.6 is 11.6 Å². The molecule has 0 radical (unpaired) electrons. The summed E-state index contributed by atoms with van der Waals surface area (Å²) < 4.78 is 1.76. The van der Waals surface area contributed by atoms with E-state index in [4.69, 9.17) is 17.3 Å². The lowest BCUT2D eigenvalue weighted by atomic mass is 10.1. The highest BCUT2D eigenvalue weighted by Gasteiger charge is 2.30. The molecular formula is C10H16ClN3. The first-order valence-corrected chi connectivity index (χ1v) is 5.44. The van der Waals surface area contributed by atoms with Crippen molar-refractivity contribution < 1.29 is 0 Å². The number of nitrogens with two attached hydrogens (primary N) is 1. The van der Waals surface area contributed by atoms with Crippen molar-refractivity contribution in [2.24, 2.45) is 12.8 Å². The summed E-state index contributed by atoms with van der Waals surface area (Å²) in [5.41, 5.74) is 8.13. The van der Waals surface area contributed by atoms with E-state index in [1.165, 1.54) is 18.5 Å². The van der Waals surface area contributed by atoms with Gasteiger partial charge in [0, 0.05) is 24.6 Å². The van der Waals surface area contributed by atoms with Crippen molar-refractivity contribution in [2.75, 3.05) is 0 Å². The lowest BCUT2D eigenvalue weighted by Crippen LogP contribution is -2.18. The Bertz CT molecular complexity index is 339. The number of aromatic nitrogens is 2. The number of nitrogens with zero attached hydrogens (tertiary/aromatic N) is 2. The minimum atomic E-state index is 0.147. The van der Waals surface area contributed by atoms with Crippen LogP contribution in [0.2, 0.25) is 5.15 Å². The summed E-state index contributed by atoms with van der Waals surface area (Å²) in [6.45, 7) is 2.00. The quantitative estimate of drug-likeness (QED) is 0.833. The van der Waals surface area contributed by atoms with Crippen molar-refractivity contribution >= 4 is 11.6 Å². The Morgan fingerprint density at radius 2 is 2.29 bits per heavy atom. The lowest BCUT2D eigenvalue weighted by Gasteiger charge is -2.05. The molecule has 1 aliphatic carbocycles. The third kappa shape index (κ3) is 1.79. The topological polar surface area (TPSA) is 43.8 Å². The molecule has 0 saturated heterocycles. The molecule has 4 heteroatoms. The monoisotopic (exact) mass is 213 g/mol. The third-order valence-electron chi connectivity index (χ3n) is 2.59. The number of halogens is 1. The van der Waals surface area contributed by atoms with Gasteiger partial charge in [0.2, 0.25) is 0 Å². The Balaban J connectivity index is 2.33. The first-order chi connectivity index (χ1) is 6.59. The molecule has 1 atom stereocenters. The fourth-order valence-corrected chi connectivity index (χ4v) is 1.97. The van der Waals surface area contributed by atoms with Crippen molar-refractivity contribution in [1.29, 1.82) is 0 Å². The second kappa shape index (κ2) is 3.55. The van der Waals surface area contributed by atoms with Crippen LogP contribution in [0.1, 0.15) is 36.9 Å². The molecule has 0 spiro atoms. The molecule has 1 aromatic heterocycles. The largest absolute Gasteiger partial charge is 0.328 e. The van der Waals surface area contributed by atoms with Gasteiger partial charge in [-0.2, -0.15) is 5.10 Å². The molecule has 1 saturated carbocycles. The Morgan fingerprint density at radius 1 is 1.64 bits per heavy atom. The number of hydrogen-bond acceptors (Lipinski definition) is 2. The Hall–Kier alpha value is -0.540. The highest BCUT2D eigenvalue weighted by molar-refractivity contribution is 6.30. The molecule has 2 rings (SSSR count). The summed E-state index contributed by atoms with van der Waals surface area (Å²) in [5.74, 6) is 0.641. The zero-order valence-corrected chi connectivity index (χ0v) is 9.38. The van der Waals surface area contributed by atoms with Crippen LogP contribution in [0.4, 0.5) is 0 Å². The lowest BCUT2D eigenvalue weighted by molar-refractivity contribution is 0.731. The van der Waals surface area contributed by atoms with Crippen molar-refractivity contribution in [3.63, 3.8) is 0 Å².